The third kappa shape index (κ3) is 4.71. The van der Waals surface area contributed by atoms with E-state index in [4.69, 9.17) is 0 Å². The van der Waals surface area contributed by atoms with Gasteiger partial charge in [0, 0.05) is 56.8 Å². The smallest absolute Gasteiger partial charge is 0.272 e. The van der Waals surface area contributed by atoms with Crippen LogP contribution in [-0.2, 0) is 33.0 Å². The summed E-state index contributed by atoms with van der Waals surface area (Å²) in [6.07, 6.45) is 6.62. The zero-order valence-electron chi connectivity index (χ0n) is 16.8. The topological polar surface area (TPSA) is 63.1 Å². The van der Waals surface area contributed by atoms with Crippen LogP contribution < -0.4 is 5.32 Å². The summed E-state index contributed by atoms with van der Waals surface area (Å²) in [5, 5.41) is 7.51. The predicted octanol–water partition coefficient (Wildman–Crippen LogP) is 2.74. The number of pyridine rings is 1. The van der Waals surface area contributed by atoms with Gasteiger partial charge >= 0.3 is 0 Å². The van der Waals surface area contributed by atoms with Crippen molar-refractivity contribution in [3.8, 4) is 0 Å². The van der Waals surface area contributed by atoms with Crippen LogP contribution in [0.2, 0.25) is 0 Å². The first kappa shape index (κ1) is 19.3. The molecular formula is C23H27N5O. The standard InChI is InChI=1S/C23H27N5O/c1-27-21-11-14-28(13-6-10-18-7-3-2-4-8-18)17-20(21)22(26-27)23(29)25-16-19-9-5-12-24-15-19/h2-5,7-9,12,15H,6,10-11,13-14,16-17H2,1H3,(H,25,29). The Kier molecular flexibility index (Phi) is 6.00. The van der Waals surface area contributed by atoms with Gasteiger partial charge < -0.3 is 5.32 Å². The number of carbonyl (C=O) groups is 1. The largest absolute Gasteiger partial charge is 0.346 e. The van der Waals surface area contributed by atoms with Gasteiger partial charge in [-0.05, 0) is 36.6 Å². The monoisotopic (exact) mass is 389 g/mol. The van der Waals surface area contributed by atoms with Gasteiger partial charge in [-0.1, -0.05) is 36.4 Å². The van der Waals surface area contributed by atoms with Crippen molar-refractivity contribution in [3.63, 3.8) is 0 Å². The molecule has 0 aliphatic carbocycles. The second-order valence-electron chi connectivity index (χ2n) is 7.56. The fourth-order valence-electron chi connectivity index (χ4n) is 3.94. The van der Waals surface area contributed by atoms with E-state index < -0.39 is 0 Å². The van der Waals surface area contributed by atoms with Gasteiger partial charge in [-0.25, -0.2) is 0 Å². The fraction of sp³-hybridized carbons (Fsp3) is 0.348. The molecule has 0 unspecified atom stereocenters. The average molecular weight is 390 g/mol. The highest BCUT2D eigenvalue weighted by molar-refractivity contribution is 5.94. The van der Waals surface area contributed by atoms with Crippen molar-refractivity contribution in [3.05, 3.63) is 82.9 Å². The molecule has 3 aromatic rings. The van der Waals surface area contributed by atoms with Gasteiger partial charge in [0.05, 0.1) is 0 Å². The summed E-state index contributed by atoms with van der Waals surface area (Å²) in [5.74, 6) is -0.114. The molecule has 4 rings (SSSR count). The van der Waals surface area contributed by atoms with E-state index in [0.29, 0.717) is 12.2 Å². The highest BCUT2D eigenvalue weighted by Gasteiger charge is 2.26. The van der Waals surface area contributed by atoms with E-state index in [9.17, 15) is 4.79 Å². The number of aromatic nitrogens is 3. The molecule has 150 valence electrons. The van der Waals surface area contributed by atoms with Crippen molar-refractivity contribution < 1.29 is 4.79 Å². The molecule has 0 saturated heterocycles. The Hall–Kier alpha value is -2.99. The van der Waals surface area contributed by atoms with E-state index in [1.807, 2.05) is 23.9 Å². The van der Waals surface area contributed by atoms with Crippen LogP contribution in [0.5, 0.6) is 0 Å². The SMILES string of the molecule is Cn1nc(C(=O)NCc2cccnc2)c2c1CCN(CCCc1ccccc1)C2. The number of nitrogens with one attached hydrogen (secondary N) is 1. The Labute approximate surface area is 171 Å². The van der Waals surface area contributed by atoms with E-state index in [1.165, 1.54) is 11.3 Å². The maximum atomic E-state index is 12.8. The predicted molar refractivity (Wildman–Crippen MR) is 112 cm³/mol. The molecule has 29 heavy (non-hydrogen) atoms. The van der Waals surface area contributed by atoms with E-state index in [2.05, 4.69) is 50.6 Å². The van der Waals surface area contributed by atoms with Crippen molar-refractivity contribution in [2.24, 2.45) is 7.05 Å². The van der Waals surface area contributed by atoms with Gasteiger partial charge in [-0.15, -0.1) is 0 Å². The van der Waals surface area contributed by atoms with Gasteiger partial charge in [0.2, 0.25) is 0 Å². The summed E-state index contributed by atoms with van der Waals surface area (Å²) >= 11 is 0. The summed E-state index contributed by atoms with van der Waals surface area (Å²) in [6, 6.07) is 14.4. The molecule has 1 aromatic carbocycles. The van der Waals surface area contributed by atoms with Crippen LogP contribution in [0.25, 0.3) is 0 Å². The number of rotatable bonds is 7. The molecule has 1 aliphatic heterocycles. The van der Waals surface area contributed by atoms with Crippen LogP contribution in [0, 0.1) is 0 Å². The molecular weight excluding hydrogens is 362 g/mol. The number of hydrogen-bond acceptors (Lipinski definition) is 4. The summed E-state index contributed by atoms with van der Waals surface area (Å²) in [6.45, 7) is 3.28. The second-order valence-corrected chi connectivity index (χ2v) is 7.56. The lowest BCUT2D eigenvalue weighted by atomic mass is 10.0. The van der Waals surface area contributed by atoms with Gasteiger partial charge in [0.1, 0.15) is 0 Å². The molecule has 1 N–H and O–H groups in total. The lowest BCUT2D eigenvalue weighted by molar-refractivity contribution is 0.0943. The molecule has 0 atom stereocenters. The highest BCUT2D eigenvalue weighted by atomic mass is 16.1. The normalized spacial score (nSPS) is 13.8. The number of nitrogens with zero attached hydrogens (tertiary/aromatic N) is 4. The van der Waals surface area contributed by atoms with Crippen molar-refractivity contribution in [1.82, 2.24) is 25.0 Å². The Morgan fingerprint density at radius 3 is 2.76 bits per heavy atom. The first-order chi connectivity index (χ1) is 14.2. The number of amides is 1. The molecule has 1 aliphatic rings. The molecule has 1 amide bonds. The summed E-state index contributed by atoms with van der Waals surface area (Å²) < 4.78 is 1.87. The van der Waals surface area contributed by atoms with Crippen LogP contribution in [0.1, 0.15) is 39.3 Å². The molecule has 0 bridgehead atoms. The van der Waals surface area contributed by atoms with Gasteiger partial charge in [0.25, 0.3) is 5.91 Å². The van der Waals surface area contributed by atoms with Crippen LogP contribution in [0.4, 0.5) is 0 Å². The van der Waals surface area contributed by atoms with Crippen LogP contribution in [-0.4, -0.2) is 38.7 Å². The van der Waals surface area contributed by atoms with E-state index in [-0.39, 0.29) is 5.91 Å². The van der Waals surface area contributed by atoms with Crippen molar-refractivity contribution >= 4 is 5.91 Å². The number of hydrogen-bond donors (Lipinski definition) is 1. The second kappa shape index (κ2) is 9.01. The zero-order chi connectivity index (χ0) is 20.1. The Balaban J connectivity index is 1.37. The minimum atomic E-state index is -0.114. The number of aryl methyl sites for hydroxylation is 2. The van der Waals surface area contributed by atoms with Crippen molar-refractivity contribution in [2.45, 2.75) is 32.4 Å². The van der Waals surface area contributed by atoms with Crippen molar-refractivity contribution in [1.29, 1.82) is 0 Å². The third-order valence-corrected chi connectivity index (χ3v) is 5.49. The van der Waals surface area contributed by atoms with Crippen LogP contribution >= 0.6 is 0 Å². The summed E-state index contributed by atoms with van der Waals surface area (Å²) in [5.41, 5.74) is 5.16. The van der Waals surface area contributed by atoms with E-state index in [1.54, 1.807) is 12.4 Å². The summed E-state index contributed by atoms with van der Waals surface area (Å²) in [7, 11) is 1.93. The zero-order valence-corrected chi connectivity index (χ0v) is 16.8. The van der Waals surface area contributed by atoms with Crippen molar-refractivity contribution in [2.75, 3.05) is 13.1 Å². The Morgan fingerprint density at radius 2 is 1.97 bits per heavy atom. The fourth-order valence-corrected chi connectivity index (χ4v) is 3.94. The molecule has 6 heteroatoms. The maximum absolute atomic E-state index is 12.8. The van der Waals surface area contributed by atoms with Gasteiger partial charge in [-0.3, -0.25) is 19.4 Å². The summed E-state index contributed by atoms with van der Waals surface area (Å²) in [4.78, 5) is 19.3. The molecule has 0 spiro atoms. The first-order valence-corrected chi connectivity index (χ1v) is 10.2. The average Bonchev–Trinajstić information content (AvgIpc) is 3.09. The highest BCUT2D eigenvalue weighted by Crippen LogP contribution is 2.22. The molecule has 0 radical (unpaired) electrons. The van der Waals surface area contributed by atoms with E-state index >= 15 is 0 Å². The molecule has 0 fully saturated rings. The third-order valence-electron chi connectivity index (χ3n) is 5.49. The van der Waals surface area contributed by atoms with Gasteiger partial charge in [0.15, 0.2) is 5.69 Å². The van der Waals surface area contributed by atoms with Gasteiger partial charge in [-0.2, -0.15) is 5.10 Å². The molecule has 6 nitrogen and oxygen atoms in total. The maximum Gasteiger partial charge on any atom is 0.272 e. The lowest BCUT2D eigenvalue weighted by Gasteiger charge is -2.27. The Bertz CT molecular complexity index is 952. The number of carbonyl (C=O) groups excluding carboxylic acids is 1. The number of benzene rings is 1. The first-order valence-electron chi connectivity index (χ1n) is 10.2. The molecule has 3 heterocycles. The van der Waals surface area contributed by atoms with Crippen LogP contribution in [0.15, 0.2) is 54.9 Å². The number of fused-ring (bicyclic) bond motifs is 1. The quantitative estimate of drug-likeness (QED) is 0.675. The van der Waals surface area contributed by atoms with Crippen LogP contribution in [0.3, 0.4) is 0 Å². The molecule has 2 aromatic heterocycles. The van der Waals surface area contributed by atoms with E-state index in [0.717, 1.165) is 50.0 Å². The lowest BCUT2D eigenvalue weighted by Crippen LogP contribution is -2.33. The Morgan fingerprint density at radius 1 is 1.14 bits per heavy atom. The minimum Gasteiger partial charge on any atom is -0.346 e. The minimum absolute atomic E-state index is 0.114. The molecule has 0 saturated carbocycles.